The summed E-state index contributed by atoms with van der Waals surface area (Å²) >= 11 is 4.52. The van der Waals surface area contributed by atoms with Crippen LogP contribution in [0.5, 0.6) is 0 Å². The molecule has 0 aliphatic carbocycles. The van der Waals surface area contributed by atoms with Crippen LogP contribution in [0.4, 0.5) is 0 Å². The zero-order chi connectivity index (χ0) is 13.7. The van der Waals surface area contributed by atoms with Crippen LogP contribution < -0.4 is 0 Å². The molecule has 2 aliphatic heterocycles. The average Bonchev–Trinajstić information content (AvgIpc) is 2.46. The van der Waals surface area contributed by atoms with Crippen LogP contribution in [0.3, 0.4) is 0 Å². The first-order chi connectivity index (χ1) is 9.20. The van der Waals surface area contributed by atoms with E-state index in [0.717, 1.165) is 23.6 Å². The number of hydrogen-bond donors (Lipinski definition) is 1. The van der Waals surface area contributed by atoms with E-state index >= 15 is 0 Å². The normalized spacial score (nSPS) is 25.9. The highest BCUT2D eigenvalue weighted by molar-refractivity contribution is 7.80. The number of piperidine rings is 2. The molecular formula is C16H32N2S. The fraction of sp³-hybridized carbons (Fsp3) is 1.00. The van der Waals surface area contributed by atoms with E-state index in [4.69, 9.17) is 0 Å². The molecule has 2 saturated heterocycles. The summed E-state index contributed by atoms with van der Waals surface area (Å²) < 4.78 is 0. The Hall–Kier alpha value is 0.270. The Morgan fingerprint density at radius 1 is 1.00 bits per heavy atom. The van der Waals surface area contributed by atoms with Crippen molar-refractivity contribution in [2.45, 2.75) is 52.0 Å². The zero-order valence-corrected chi connectivity index (χ0v) is 13.7. The van der Waals surface area contributed by atoms with Gasteiger partial charge in [-0.3, -0.25) is 0 Å². The Kier molecular flexibility index (Phi) is 6.51. The van der Waals surface area contributed by atoms with Gasteiger partial charge in [-0.2, -0.15) is 12.6 Å². The first-order valence-electron chi connectivity index (χ1n) is 8.28. The molecule has 0 aromatic carbocycles. The molecule has 3 heteroatoms. The van der Waals surface area contributed by atoms with E-state index in [0.29, 0.717) is 0 Å². The molecule has 0 spiro atoms. The van der Waals surface area contributed by atoms with E-state index in [1.807, 2.05) is 0 Å². The van der Waals surface area contributed by atoms with Crippen LogP contribution in [0.2, 0.25) is 0 Å². The van der Waals surface area contributed by atoms with Crippen molar-refractivity contribution >= 4 is 12.6 Å². The van der Waals surface area contributed by atoms with Crippen molar-refractivity contribution in [2.75, 3.05) is 38.5 Å². The van der Waals surface area contributed by atoms with Crippen molar-refractivity contribution in [3.05, 3.63) is 0 Å². The van der Waals surface area contributed by atoms with Gasteiger partial charge in [0.15, 0.2) is 0 Å². The van der Waals surface area contributed by atoms with E-state index < -0.39 is 0 Å². The summed E-state index contributed by atoms with van der Waals surface area (Å²) in [6.45, 7) is 11.2. The van der Waals surface area contributed by atoms with Crippen LogP contribution in [0, 0.1) is 11.8 Å². The molecule has 0 aromatic heterocycles. The van der Waals surface area contributed by atoms with Crippen LogP contribution >= 0.6 is 12.6 Å². The Morgan fingerprint density at radius 2 is 1.63 bits per heavy atom. The summed E-state index contributed by atoms with van der Waals surface area (Å²) in [5, 5.41) is 0. The van der Waals surface area contributed by atoms with Gasteiger partial charge < -0.3 is 9.80 Å². The molecule has 0 N–H and O–H groups in total. The molecule has 0 aromatic rings. The van der Waals surface area contributed by atoms with E-state index in [1.165, 1.54) is 64.8 Å². The fourth-order valence-corrected chi connectivity index (χ4v) is 4.10. The fourth-order valence-electron chi connectivity index (χ4n) is 3.56. The van der Waals surface area contributed by atoms with E-state index in [-0.39, 0.29) is 0 Å². The molecule has 0 bridgehead atoms. The van der Waals surface area contributed by atoms with Gasteiger partial charge in [-0.15, -0.1) is 0 Å². The largest absolute Gasteiger partial charge is 0.303 e. The van der Waals surface area contributed by atoms with Gasteiger partial charge >= 0.3 is 0 Å². The lowest BCUT2D eigenvalue weighted by Crippen LogP contribution is -2.48. The van der Waals surface area contributed by atoms with Gasteiger partial charge in [0.2, 0.25) is 0 Å². The molecule has 19 heavy (non-hydrogen) atoms. The number of likely N-dealkylation sites (tertiary alicyclic amines) is 2. The van der Waals surface area contributed by atoms with Gasteiger partial charge in [-0.05, 0) is 69.5 Å². The van der Waals surface area contributed by atoms with E-state index in [1.54, 1.807) is 0 Å². The van der Waals surface area contributed by atoms with Crippen molar-refractivity contribution in [1.29, 1.82) is 0 Å². The SMILES string of the molecule is CC(C)C(CS)CN1CCC(N2CCCCC2)CC1. The summed E-state index contributed by atoms with van der Waals surface area (Å²) in [7, 11) is 0. The van der Waals surface area contributed by atoms with Crippen LogP contribution in [0.25, 0.3) is 0 Å². The average molecular weight is 285 g/mol. The van der Waals surface area contributed by atoms with E-state index in [9.17, 15) is 0 Å². The smallest absolute Gasteiger partial charge is 0.0120 e. The minimum atomic E-state index is 0.759. The summed E-state index contributed by atoms with van der Waals surface area (Å²) in [4.78, 5) is 5.45. The lowest BCUT2D eigenvalue weighted by Gasteiger charge is -2.41. The molecule has 1 unspecified atom stereocenters. The highest BCUT2D eigenvalue weighted by Crippen LogP contribution is 2.22. The Balaban J connectivity index is 1.72. The van der Waals surface area contributed by atoms with Gasteiger partial charge in [0.05, 0.1) is 0 Å². The van der Waals surface area contributed by atoms with Gasteiger partial charge in [0.1, 0.15) is 0 Å². The molecule has 0 amide bonds. The molecule has 112 valence electrons. The lowest BCUT2D eigenvalue weighted by atomic mass is 9.95. The zero-order valence-electron chi connectivity index (χ0n) is 12.9. The maximum Gasteiger partial charge on any atom is 0.0120 e. The van der Waals surface area contributed by atoms with Crippen LogP contribution in [0.15, 0.2) is 0 Å². The Labute approximate surface area is 125 Å². The molecule has 2 aliphatic rings. The highest BCUT2D eigenvalue weighted by Gasteiger charge is 2.26. The van der Waals surface area contributed by atoms with E-state index in [2.05, 4.69) is 36.3 Å². The molecule has 1 atom stereocenters. The van der Waals surface area contributed by atoms with Gasteiger partial charge in [0, 0.05) is 12.6 Å². The minimum absolute atomic E-state index is 0.759. The first kappa shape index (κ1) is 15.7. The lowest BCUT2D eigenvalue weighted by molar-refractivity contribution is 0.0833. The van der Waals surface area contributed by atoms with Crippen LogP contribution in [-0.4, -0.2) is 54.3 Å². The quantitative estimate of drug-likeness (QED) is 0.775. The van der Waals surface area contributed by atoms with Gasteiger partial charge in [0.25, 0.3) is 0 Å². The molecule has 0 saturated carbocycles. The Bertz CT molecular complexity index is 243. The molecule has 0 radical (unpaired) electrons. The standard InChI is InChI=1S/C16H32N2S/c1-14(2)15(13-19)12-17-10-6-16(7-11-17)18-8-4-3-5-9-18/h14-16,19H,3-13H2,1-2H3. The third-order valence-electron chi connectivity index (χ3n) is 5.13. The molecule has 2 nitrogen and oxygen atoms in total. The number of rotatable bonds is 5. The number of nitrogens with zero attached hydrogens (tertiary/aromatic N) is 2. The second-order valence-corrected chi connectivity index (χ2v) is 7.18. The first-order valence-corrected chi connectivity index (χ1v) is 8.91. The van der Waals surface area contributed by atoms with Gasteiger partial charge in [-0.1, -0.05) is 20.3 Å². The topological polar surface area (TPSA) is 6.48 Å². The highest BCUT2D eigenvalue weighted by atomic mass is 32.1. The summed E-state index contributed by atoms with van der Waals surface area (Å²) in [5.74, 6) is 2.55. The second-order valence-electron chi connectivity index (χ2n) is 6.82. The summed E-state index contributed by atoms with van der Waals surface area (Å²) in [6, 6.07) is 0.880. The molecule has 2 rings (SSSR count). The predicted molar refractivity (Wildman–Crippen MR) is 87.1 cm³/mol. The van der Waals surface area contributed by atoms with Crippen molar-refractivity contribution in [3.8, 4) is 0 Å². The summed E-state index contributed by atoms with van der Waals surface area (Å²) in [6.07, 6.45) is 7.08. The Morgan fingerprint density at radius 3 is 2.16 bits per heavy atom. The maximum atomic E-state index is 4.52. The summed E-state index contributed by atoms with van der Waals surface area (Å²) in [5.41, 5.74) is 0. The minimum Gasteiger partial charge on any atom is -0.303 e. The third kappa shape index (κ3) is 4.64. The monoisotopic (exact) mass is 284 g/mol. The molecular weight excluding hydrogens is 252 g/mol. The van der Waals surface area contributed by atoms with Gasteiger partial charge in [-0.25, -0.2) is 0 Å². The van der Waals surface area contributed by atoms with Crippen molar-refractivity contribution in [1.82, 2.24) is 9.80 Å². The van der Waals surface area contributed by atoms with Crippen molar-refractivity contribution in [2.24, 2.45) is 11.8 Å². The second kappa shape index (κ2) is 7.90. The molecule has 2 fully saturated rings. The molecule has 2 heterocycles. The van der Waals surface area contributed by atoms with Crippen molar-refractivity contribution < 1.29 is 0 Å². The maximum absolute atomic E-state index is 4.52. The predicted octanol–water partition coefficient (Wildman–Crippen LogP) is 3.14. The number of hydrogen-bond acceptors (Lipinski definition) is 3. The third-order valence-corrected chi connectivity index (χ3v) is 5.60. The van der Waals surface area contributed by atoms with Crippen molar-refractivity contribution in [3.63, 3.8) is 0 Å². The van der Waals surface area contributed by atoms with Crippen LogP contribution in [-0.2, 0) is 0 Å². The van der Waals surface area contributed by atoms with Crippen LogP contribution in [0.1, 0.15) is 46.0 Å². The number of thiol groups is 1.